The van der Waals surface area contributed by atoms with E-state index in [9.17, 15) is 18.0 Å². The summed E-state index contributed by atoms with van der Waals surface area (Å²) in [4.78, 5) is 18.1. The average molecular weight is 379 g/mol. The summed E-state index contributed by atoms with van der Waals surface area (Å²) in [5.74, 6) is -0.423. The van der Waals surface area contributed by atoms with Gasteiger partial charge in [0.25, 0.3) is 5.91 Å². The third-order valence-electron chi connectivity index (χ3n) is 2.67. The highest BCUT2D eigenvalue weighted by molar-refractivity contribution is 9.10. The quantitative estimate of drug-likeness (QED) is 0.801. The van der Waals surface area contributed by atoms with Gasteiger partial charge < -0.3 is 4.90 Å². The second kappa shape index (κ2) is 6.15. The largest absolute Gasteiger partial charge is 0.417 e. The second-order valence-electron chi connectivity index (χ2n) is 4.32. The highest BCUT2D eigenvalue weighted by atomic mass is 79.9. The SMILES string of the molecule is CN(Cc1cc(Br)cs1)C(=O)c1ccc(C(F)(F)F)cn1. The Kier molecular flexibility index (Phi) is 4.67. The molecule has 112 valence electrons. The number of rotatable bonds is 3. The fourth-order valence-corrected chi connectivity index (χ4v) is 3.13. The van der Waals surface area contributed by atoms with Crippen LogP contribution in [0.1, 0.15) is 20.9 Å². The van der Waals surface area contributed by atoms with E-state index < -0.39 is 17.6 Å². The number of carbonyl (C=O) groups is 1. The fraction of sp³-hybridized carbons (Fsp3) is 0.231. The van der Waals surface area contributed by atoms with Gasteiger partial charge >= 0.3 is 6.18 Å². The van der Waals surface area contributed by atoms with Crippen molar-refractivity contribution < 1.29 is 18.0 Å². The molecule has 0 unspecified atom stereocenters. The van der Waals surface area contributed by atoms with Crippen LogP contribution in [0.15, 0.2) is 34.2 Å². The molecular formula is C13H10BrF3N2OS. The first kappa shape index (κ1) is 16.0. The summed E-state index contributed by atoms with van der Waals surface area (Å²) in [5.41, 5.74) is -0.884. The van der Waals surface area contributed by atoms with Crippen molar-refractivity contribution >= 4 is 33.2 Å². The molecule has 0 saturated heterocycles. The van der Waals surface area contributed by atoms with Crippen LogP contribution in [0.3, 0.4) is 0 Å². The van der Waals surface area contributed by atoms with E-state index in [4.69, 9.17) is 0 Å². The fourth-order valence-electron chi connectivity index (χ4n) is 1.63. The topological polar surface area (TPSA) is 33.2 Å². The van der Waals surface area contributed by atoms with Crippen molar-refractivity contribution in [2.24, 2.45) is 0 Å². The average Bonchev–Trinajstić information content (AvgIpc) is 2.82. The lowest BCUT2D eigenvalue weighted by atomic mass is 10.2. The molecule has 0 N–H and O–H groups in total. The Morgan fingerprint density at radius 2 is 2.14 bits per heavy atom. The normalized spacial score (nSPS) is 11.5. The Balaban J connectivity index is 2.08. The summed E-state index contributed by atoms with van der Waals surface area (Å²) >= 11 is 4.80. The highest BCUT2D eigenvalue weighted by Gasteiger charge is 2.31. The number of hydrogen-bond acceptors (Lipinski definition) is 3. The second-order valence-corrected chi connectivity index (χ2v) is 6.23. The Hall–Kier alpha value is -1.41. The first-order valence-corrected chi connectivity index (χ1v) is 7.46. The number of alkyl halides is 3. The number of halogens is 4. The van der Waals surface area contributed by atoms with Gasteiger partial charge in [-0.3, -0.25) is 9.78 Å². The molecule has 0 aliphatic carbocycles. The third-order valence-corrected chi connectivity index (χ3v) is 4.35. The van der Waals surface area contributed by atoms with Crippen molar-refractivity contribution in [1.29, 1.82) is 0 Å². The van der Waals surface area contributed by atoms with Crippen LogP contribution >= 0.6 is 27.3 Å². The van der Waals surface area contributed by atoms with Gasteiger partial charge in [-0.1, -0.05) is 0 Å². The van der Waals surface area contributed by atoms with Crippen LogP contribution in [0.2, 0.25) is 0 Å². The van der Waals surface area contributed by atoms with E-state index in [1.807, 2.05) is 11.4 Å². The highest BCUT2D eigenvalue weighted by Crippen LogP contribution is 2.28. The summed E-state index contributed by atoms with van der Waals surface area (Å²) in [6.07, 6.45) is -3.79. The van der Waals surface area contributed by atoms with Crippen molar-refractivity contribution in [3.63, 3.8) is 0 Å². The molecule has 3 nitrogen and oxygen atoms in total. The van der Waals surface area contributed by atoms with Crippen LogP contribution < -0.4 is 0 Å². The number of carbonyl (C=O) groups excluding carboxylic acids is 1. The smallest absolute Gasteiger partial charge is 0.335 e. The predicted octanol–water partition coefficient (Wildman–Crippen LogP) is 4.20. The molecule has 8 heteroatoms. The van der Waals surface area contributed by atoms with Gasteiger partial charge in [0.15, 0.2) is 0 Å². The van der Waals surface area contributed by atoms with Gasteiger partial charge in [0.2, 0.25) is 0 Å². The molecule has 2 aromatic rings. The van der Waals surface area contributed by atoms with Crippen LogP contribution in [0.4, 0.5) is 13.2 Å². The van der Waals surface area contributed by atoms with Crippen molar-refractivity contribution in [1.82, 2.24) is 9.88 Å². The van der Waals surface area contributed by atoms with Crippen molar-refractivity contribution in [2.45, 2.75) is 12.7 Å². The molecule has 2 rings (SSSR count). The monoisotopic (exact) mass is 378 g/mol. The molecule has 0 fully saturated rings. The zero-order valence-electron chi connectivity index (χ0n) is 10.8. The number of aromatic nitrogens is 1. The number of amides is 1. The summed E-state index contributed by atoms with van der Waals surface area (Å²) < 4.78 is 38.2. The Morgan fingerprint density at radius 3 is 2.62 bits per heavy atom. The maximum atomic E-state index is 12.4. The molecule has 21 heavy (non-hydrogen) atoms. The molecule has 0 saturated carbocycles. The lowest BCUT2D eigenvalue weighted by Crippen LogP contribution is -2.26. The van der Waals surface area contributed by atoms with Gasteiger partial charge in [0.1, 0.15) is 5.69 Å². The number of nitrogens with zero attached hydrogens (tertiary/aromatic N) is 2. The summed E-state index contributed by atoms with van der Waals surface area (Å²) in [6.45, 7) is 0.373. The van der Waals surface area contributed by atoms with Gasteiger partial charge in [0.05, 0.1) is 12.1 Å². The van der Waals surface area contributed by atoms with Crippen LogP contribution in [0.25, 0.3) is 0 Å². The maximum absolute atomic E-state index is 12.4. The minimum absolute atomic E-state index is 0.0129. The summed E-state index contributed by atoms with van der Waals surface area (Å²) in [5, 5.41) is 1.89. The number of thiophene rings is 1. The summed E-state index contributed by atoms with van der Waals surface area (Å²) in [6, 6.07) is 3.83. The molecule has 0 bridgehead atoms. The minimum Gasteiger partial charge on any atom is -0.335 e. The van der Waals surface area contributed by atoms with Gasteiger partial charge in [-0.15, -0.1) is 11.3 Å². The number of pyridine rings is 1. The standard InChI is InChI=1S/C13H10BrF3N2OS/c1-19(6-10-4-9(14)7-21-10)12(20)11-3-2-8(5-18-11)13(15,16)17/h2-5,7H,6H2,1H3. The van der Waals surface area contributed by atoms with Crippen LogP contribution in [-0.2, 0) is 12.7 Å². The number of hydrogen-bond donors (Lipinski definition) is 0. The molecule has 0 aliphatic heterocycles. The lowest BCUT2D eigenvalue weighted by Gasteiger charge is -2.16. The zero-order valence-corrected chi connectivity index (χ0v) is 13.2. The first-order chi connectivity index (χ1) is 9.77. The zero-order chi connectivity index (χ0) is 15.6. The molecule has 0 aromatic carbocycles. The van der Waals surface area contributed by atoms with Gasteiger partial charge in [-0.05, 0) is 34.1 Å². The van der Waals surface area contributed by atoms with Crippen LogP contribution in [0.5, 0.6) is 0 Å². The van der Waals surface area contributed by atoms with E-state index in [0.717, 1.165) is 21.5 Å². The molecule has 0 radical (unpaired) electrons. The minimum atomic E-state index is -4.45. The van der Waals surface area contributed by atoms with E-state index in [-0.39, 0.29) is 5.69 Å². The third kappa shape index (κ3) is 4.04. The molecule has 0 spiro atoms. The van der Waals surface area contributed by atoms with E-state index in [1.54, 1.807) is 7.05 Å². The molecule has 1 amide bonds. The van der Waals surface area contributed by atoms with Gasteiger partial charge in [0, 0.05) is 28.0 Å². The molecule has 2 heterocycles. The summed E-state index contributed by atoms with van der Waals surface area (Å²) in [7, 11) is 1.58. The van der Waals surface area contributed by atoms with E-state index >= 15 is 0 Å². The maximum Gasteiger partial charge on any atom is 0.417 e. The van der Waals surface area contributed by atoms with E-state index in [0.29, 0.717) is 12.7 Å². The van der Waals surface area contributed by atoms with Gasteiger partial charge in [-0.2, -0.15) is 13.2 Å². The van der Waals surface area contributed by atoms with Crippen molar-refractivity contribution in [3.8, 4) is 0 Å². The van der Waals surface area contributed by atoms with Gasteiger partial charge in [-0.25, -0.2) is 0 Å². The van der Waals surface area contributed by atoms with E-state index in [2.05, 4.69) is 20.9 Å². The van der Waals surface area contributed by atoms with E-state index in [1.165, 1.54) is 16.2 Å². The van der Waals surface area contributed by atoms with Crippen molar-refractivity contribution in [3.05, 3.63) is 50.4 Å². The van der Waals surface area contributed by atoms with Crippen LogP contribution in [-0.4, -0.2) is 22.8 Å². The molecule has 0 aliphatic rings. The first-order valence-electron chi connectivity index (χ1n) is 5.79. The Morgan fingerprint density at radius 1 is 1.43 bits per heavy atom. The molecular weight excluding hydrogens is 369 g/mol. The Bertz CT molecular complexity index is 640. The predicted molar refractivity (Wildman–Crippen MR) is 77.1 cm³/mol. The molecule has 0 atom stereocenters. The van der Waals surface area contributed by atoms with Crippen molar-refractivity contribution in [2.75, 3.05) is 7.05 Å². The Labute approximate surface area is 131 Å². The van der Waals surface area contributed by atoms with Crippen LogP contribution in [0, 0.1) is 0 Å². The molecule has 2 aromatic heterocycles. The lowest BCUT2D eigenvalue weighted by molar-refractivity contribution is -0.137.